The predicted octanol–water partition coefficient (Wildman–Crippen LogP) is 1.79. The molecule has 0 aliphatic heterocycles. The SMILES string of the molecule is CCc1cc(C(=O)O)c(C(=O)O)c(CC)c1N. The van der Waals surface area contributed by atoms with Crippen molar-refractivity contribution in [3.05, 3.63) is 28.3 Å². The molecule has 92 valence electrons. The van der Waals surface area contributed by atoms with Crippen molar-refractivity contribution in [2.24, 2.45) is 0 Å². The van der Waals surface area contributed by atoms with E-state index < -0.39 is 11.9 Å². The highest BCUT2D eigenvalue weighted by molar-refractivity contribution is 6.04. The molecule has 0 fully saturated rings. The molecule has 5 heteroatoms. The van der Waals surface area contributed by atoms with Crippen LogP contribution in [0.5, 0.6) is 0 Å². The Labute approximate surface area is 98.9 Å². The molecule has 0 spiro atoms. The van der Waals surface area contributed by atoms with Crippen molar-refractivity contribution in [3.8, 4) is 0 Å². The molecule has 0 atom stereocenters. The van der Waals surface area contributed by atoms with Crippen LogP contribution in [0.15, 0.2) is 6.07 Å². The quantitative estimate of drug-likeness (QED) is 0.693. The summed E-state index contributed by atoms with van der Waals surface area (Å²) in [6.07, 6.45) is 0.959. The van der Waals surface area contributed by atoms with Gasteiger partial charge in [0.15, 0.2) is 0 Å². The molecule has 0 saturated heterocycles. The monoisotopic (exact) mass is 237 g/mol. The molecule has 0 heterocycles. The maximum absolute atomic E-state index is 11.1. The minimum atomic E-state index is -1.26. The van der Waals surface area contributed by atoms with Crippen molar-refractivity contribution >= 4 is 17.6 Å². The van der Waals surface area contributed by atoms with Crippen molar-refractivity contribution in [2.75, 3.05) is 5.73 Å². The Morgan fingerprint density at radius 2 is 1.76 bits per heavy atom. The highest BCUT2D eigenvalue weighted by Gasteiger charge is 2.23. The second kappa shape index (κ2) is 4.86. The summed E-state index contributed by atoms with van der Waals surface area (Å²) in [5.74, 6) is -2.50. The van der Waals surface area contributed by atoms with Crippen LogP contribution < -0.4 is 5.73 Å². The Kier molecular flexibility index (Phi) is 3.73. The highest BCUT2D eigenvalue weighted by Crippen LogP contribution is 2.27. The summed E-state index contributed by atoms with van der Waals surface area (Å²) in [6, 6.07) is 1.35. The second-order valence-corrected chi connectivity index (χ2v) is 3.67. The number of aromatic carboxylic acids is 2. The summed E-state index contributed by atoms with van der Waals surface area (Å²) in [7, 11) is 0. The summed E-state index contributed by atoms with van der Waals surface area (Å²) >= 11 is 0. The van der Waals surface area contributed by atoms with Crippen molar-refractivity contribution in [1.82, 2.24) is 0 Å². The van der Waals surface area contributed by atoms with Gasteiger partial charge in [-0.1, -0.05) is 13.8 Å². The maximum atomic E-state index is 11.1. The summed E-state index contributed by atoms with van der Waals surface area (Å²) in [5, 5.41) is 18.1. The van der Waals surface area contributed by atoms with E-state index in [4.69, 9.17) is 15.9 Å². The highest BCUT2D eigenvalue weighted by atomic mass is 16.4. The van der Waals surface area contributed by atoms with Crippen LogP contribution in [0.4, 0.5) is 5.69 Å². The van der Waals surface area contributed by atoms with Crippen LogP contribution in [0.1, 0.15) is 45.7 Å². The first-order valence-electron chi connectivity index (χ1n) is 5.34. The third-order valence-electron chi connectivity index (χ3n) is 2.74. The zero-order valence-electron chi connectivity index (χ0n) is 9.78. The van der Waals surface area contributed by atoms with Gasteiger partial charge in [-0.2, -0.15) is 0 Å². The molecule has 0 aliphatic rings. The first kappa shape index (κ1) is 13.0. The van der Waals surface area contributed by atoms with Crippen LogP contribution >= 0.6 is 0 Å². The van der Waals surface area contributed by atoms with Gasteiger partial charge >= 0.3 is 11.9 Å². The molecule has 5 nitrogen and oxygen atoms in total. The topological polar surface area (TPSA) is 101 Å². The van der Waals surface area contributed by atoms with E-state index in [9.17, 15) is 9.59 Å². The van der Waals surface area contributed by atoms with Crippen molar-refractivity contribution in [1.29, 1.82) is 0 Å². The van der Waals surface area contributed by atoms with Gasteiger partial charge in [-0.15, -0.1) is 0 Å². The fraction of sp³-hybridized carbons (Fsp3) is 0.333. The molecule has 0 aromatic heterocycles. The molecule has 0 radical (unpaired) electrons. The Bertz CT molecular complexity index is 480. The third-order valence-corrected chi connectivity index (χ3v) is 2.74. The number of nitrogen functional groups attached to an aromatic ring is 1. The molecular weight excluding hydrogens is 222 g/mol. The summed E-state index contributed by atoms with van der Waals surface area (Å²) in [5.41, 5.74) is 6.92. The summed E-state index contributed by atoms with van der Waals surface area (Å²) < 4.78 is 0. The smallest absolute Gasteiger partial charge is 0.336 e. The molecule has 0 saturated carbocycles. The fourth-order valence-corrected chi connectivity index (χ4v) is 1.89. The summed E-state index contributed by atoms with van der Waals surface area (Å²) in [4.78, 5) is 22.2. The van der Waals surface area contributed by atoms with E-state index in [1.54, 1.807) is 6.92 Å². The standard InChI is InChI=1S/C12H15NO4/c1-3-6-5-8(11(14)15)9(12(16)17)7(4-2)10(6)13/h5H,3-4,13H2,1-2H3,(H,14,15)(H,16,17). The number of carboxylic acids is 2. The Hall–Kier alpha value is -2.04. The van der Waals surface area contributed by atoms with E-state index in [-0.39, 0.29) is 11.1 Å². The first-order chi connectivity index (χ1) is 7.93. The predicted molar refractivity (Wildman–Crippen MR) is 63.5 cm³/mol. The van der Waals surface area contributed by atoms with Crippen LogP contribution in [0, 0.1) is 0 Å². The molecule has 17 heavy (non-hydrogen) atoms. The first-order valence-corrected chi connectivity index (χ1v) is 5.34. The van der Waals surface area contributed by atoms with E-state index in [1.165, 1.54) is 6.07 Å². The van der Waals surface area contributed by atoms with Gasteiger partial charge < -0.3 is 15.9 Å². The molecule has 0 aliphatic carbocycles. The van der Waals surface area contributed by atoms with Gasteiger partial charge in [-0.3, -0.25) is 0 Å². The normalized spacial score (nSPS) is 10.2. The van der Waals surface area contributed by atoms with Gasteiger partial charge in [0.1, 0.15) is 0 Å². The molecule has 1 aromatic carbocycles. The second-order valence-electron chi connectivity index (χ2n) is 3.67. The van der Waals surface area contributed by atoms with E-state index in [0.717, 1.165) is 0 Å². The lowest BCUT2D eigenvalue weighted by atomic mass is 9.92. The number of aryl methyl sites for hydroxylation is 1. The zero-order chi connectivity index (χ0) is 13.2. The Morgan fingerprint density at radius 1 is 1.18 bits per heavy atom. The van der Waals surface area contributed by atoms with Gasteiger partial charge in [-0.05, 0) is 30.0 Å². The fourth-order valence-electron chi connectivity index (χ4n) is 1.89. The van der Waals surface area contributed by atoms with Crippen molar-refractivity contribution < 1.29 is 19.8 Å². The van der Waals surface area contributed by atoms with Crippen LogP contribution in [0.3, 0.4) is 0 Å². The molecule has 0 bridgehead atoms. The molecular formula is C12H15NO4. The number of carbonyl (C=O) groups is 2. The Balaban J connectivity index is 3.70. The van der Waals surface area contributed by atoms with Gasteiger partial charge in [0.2, 0.25) is 0 Å². The lowest BCUT2D eigenvalue weighted by Gasteiger charge is -2.14. The van der Waals surface area contributed by atoms with Gasteiger partial charge in [0.05, 0.1) is 11.1 Å². The van der Waals surface area contributed by atoms with Crippen molar-refractivity contribution in [2.45, 2.75) is 26.7 Å². The number of nitrogens with two attached hydrogens (primary N) is 1. The van der Waals surface area contributed by atoms with Crippen LogP contribution in [-0.2, 0) is 12.8 Å². The Morgan fingerprint density at radius 3 is 2.12 bits per heavy atom. The lowest BCUT2D eigenvalue weighted by molar-refractivity contribution is 0.0650. The third kappa shape index (κ3) is 2.22. The van der Waals surface area contributed by atoms with Gasteiger partial charge in [0, 0.05) is 5.69 Å². The zero-order valence-corrected chi connectivity index (χ0v) is 9.78. The van der Waals surface area contributed by atoms with E-state index in [1.807, 2.05) is 6.92 Å². The van der Waals surface area contributed by atoms with E-state index in [0.29, 0.717) is 29.7 Å². The molecule has 0 amide bonds. The minimum Gasteiger partial charge on any atom is -0.478 e. The number of anilines is 1. The number of benzene rings is 1. The lowest BCUT2D eigenvalue weighted by Crippen LogP contribution is -2.15. The number of rotatable bonds is 4. The van der Waals surface area contributed by atoms with E-state index >= 15 is 0 Å². The van der Waals surface area contributed by atoms with Crippen molar-refractivity contribution in [3.63, 3.8) is 0 Å². The van der Waals surface area contributed by atoms with E-state index in [2.05, 4.69) is 0 Å². The molecule has 1 aromatic rings. The minimum absolute atomic E-state index is 0.194. The van der Waals surface area contributed by atoms with Crippen LogP contribution in [0.2, 0.25) is 0 Å². The average molecular weight is 237 g/mol. The average Bonchev–Trinajstić information content (AvgIpc) is 2.27. The number of hydrogen-bond acceptors (Lipinski definition) is 3. The van der Waals surface area contributed by atoms with Gasteiger partial charge in [0.25, 0.3) is 0 Å². The number of hydrogen-bond donors (Lipinski definition) is 3. The summed E-state index contributed by atoms with van der Waals surface area (Å²) in [6.45, 7) is 3.60. The molecule has 1 rings (SSSR count). The van der Waals surface area contributed by atoms with Gasteiger partial charge in [-0.25, -0.2) is 9.59 Å². The molecule has 4 N–H and O–H groups in total. The maximum Gasteiger partial charge on any atom is 0.336 e. The largest absolute Gasteiger partial charge is 0.478 e. The number of carboxylic acid groups (broad SMARTS) is 2. The van der Waals surface area contributed by atoms with Crippen LogP contribution in [0.25, 0.3) is 0 Å². The van der Waals surface area contributed by atoms with Crippen LogP contribution in [-0.4, -0.2) is 22.2 Å². The molecule has 0 unspecified atom stereocenters.